The number of carbonyl (C=O) groups excluding carboxylic acids is 1. The topological polar surface area (TPSA) is 34.9 Å². The van der Waals surface area contributed by atoms with E-state index in [1.54, 1.807) is 24.3 Å². The maximum absolute atomic E-state index is 12.7. The molecule has 0 aliphatic rings. The molecule has 118 valence electrons. The maximum atomic E-state index is 12.7. The smallest absolute Gasteiger partial charge is 0.274 e. The zero-order chi connectivity index (χ0) is 16.6. The molecule has 0 saturated carbocycles. The van der Waals surface area contributed by atoms with Crippen molar-refractivity contribution in [1.82, 2.24) is 9.55 Å². The summed E-state index contributed by atoms with van der Waals surface area (Å²) in [7, 11) is 0. The van der Waals surface area contributed by atoms with Crippen molar-refractivity contribution in [2.45, 2.75) is 12.6 Å². The number of carbonyl (C=O) groups is 1. The third kappa shape index (κ3) is 3.07. The molecule has 7 heteroatoms. The quantitative estimate of drug-likeness (QED) is 0.685. The molecular formula is C16H10ClF3N2O. The zero-order valence-corrected chi connectivity index (χ0v) is 12.4. The van der Waals surface area contributed by atoms with Crippen molar-refractivity contribution in [3.63, 3.8) is 0 Å². The SMILES string of the molecule is O=C(Cc1ccccc1)n1cc(Cl)c2cc(C(F)(F)F)cnc21. The predicted octanol–water partition coefficient (Wildman–Crippen LogP) is 4.59. The minimum absolute atomic E-state index is 0.0556. The number of rotatable bonds is 2. The summed E-state index contributed by atoms with van der Waals surface area (Å²) in [6, 6.07) is 9.92. The van der Waals surface area contributed by atoms with Gasteiger partial charge in [0.1, 0.15) is 5.65 Å². The monoisotopic (exact) mass is 338 g/mol. The Balaban J connectivity index is 2.00. The molecule has 0 aliphatic heterocycles. The summed E-state index contributed by atoms with van der Waals surface area (Å²) in [4.78, 5) is 16.1. The van der Waals surface area contributed by atoms with Crippen molar-refractivity contribution < 1.29 is 18.0 Å². The summed E-state index contributed by atoms with van der Waals surface area (Å²) < 4.78 is 39.4. The van der Waals surface area contributed by atoms with Crippen LogP contribution in [0.2, 0.25) is 5.02 Å². The highest BCUT2D eigenvalue weighted by molar-refractivity contribution is 6.35. The third-order valence-electron chi connectivity index (χ3n) is 3.39. The molecule has 3 rings (SSSR count). The summed E-state index contributed by atoms with van der Waals surface area (Å²) in [5, 5.41) is 0.155. The number of hydrogen-bond donors (Lipinski definition) is 0. The molecule has 0 bridgehead atoms. The fraction of sp³-hybridized carbons (Fsp3) is 0.125. The van der Waals surface area contributed by atoms with Crippen molar-refractivity contribution >= 4 is 28.5 Å². The Hall–Kier alpha value is -2.34. The average Bonchev–Trinajstić information content (AvgIpc) is 2.84. The van der Waals surface area contributed by atoms with Crippen molar-refractivity contribution in [1.29, 1.82) is 0 Å². The molecule has 2 heterocycles. The van der Waals surface area contributed by atoms with Crippen LogP contribution in [0.1, 0.15) is 15.9 Å². The van der Waals surface area contributed by atoms with E-state index in [1.165, 1.54) is 10.8 Å². The van der Waals surface area contributed by atoms with Crippen LogP contribution in [0.3, 0.4) is 0 Å². The second kappa shape index (κ2) is 5.70. The number of nitrogens with zero attached hydrogens (tertiary/aromatic N) is 2. The van der Waals surface area contributed by atoms with E-state index in [9.17, 15) is 18.0 Å². The molecule has 0 fully saturated rings. The van der Waals surface area contributed by atoms with Crippen LogP contribution in [0.15, 0.2) is 48.8 Å². The predicted molar refractivity (Wildman–Crippen MR) is 80.5 cm³/mol. The molecule has 1 aromatic carbocycles. The van der Waals surface area contributed by atoms with Crippen LogP contribution in [-0.2, 0) is 12.6 Å². The summed E-state index contributed by atoms with van der Waals surface area (Å²) in [6.07, 6.45) is -2.42. The van der Waals surface area contributed by atoms with Gasteiger partial charge in [0.15, 0.2) is 0 Å². The van der Waals surface area contributed by atoms with Crippen molar-refractivity contribution in [3.05, 3.63) is 64.9 Å². The minimum Gasteiger partial charge on any atom is -0.274 e. The highest BCUT2D eigenvalue weighted by Crippen LogP contribution is 2.33. The first-order chi connectivity index (χ1) is 10.9. The van der Waals surface area contributed by atoms with Crippen LogP contribution in [0.25, 0.3) is 11.0 Å². The largest absolute Gasteiger partial charge is 0.417 e. The van der Waals surface area contributed by atoms with E-state index in [0.29, 0.717) is 6.20 Å². The first-order valence-corrected chi connectivity index (χ1v) is 7.05. The molecule has 23 heavy (non-hydrogen) atoms. The molecule has 0 aliphatic carbocycles. The summed E-state index contributed by atoms with van der Waals surface area (Å²) in [5.74, 6) is -0.319. The Labute approximate surface area is 134 Å². The van der Waals surface area contributed by atoms with Gasteiger partial charge >= 0.3 is 6.18 Å². The highest BCUT2D eigenvalue weighted by atomic mass is 35.5. The highest BCUT2D eigenvalue weighted by Gasteiger charge is 2.32. The lowest BCUT2D eigenvalue weighted by atomic mass is 10.1. The van der Waals surface area contributed by atoms with Crippen LogP contribution in [-0.4, -0.2) is 15.5 Å². The Morgan fingerprint density at radius 1 is 1.22 bits per heavy atom. The van der Waals surface area contributed by atoms with Crippen LogP contribution < -0.4 is 0 Å². The van der Waals surface area contributed by atoms with Gasteiger partial charge in [-0.3, -0.25) is 9.36 Å². The van der Waals surface area contributed by atoms with Gasteiger partial charge in [-0.2, -0.15) is 13.2 Å². The van der Waals surface area contributed by atoms with Crippen LogP contribution in [0, 0.1) is 0 Å². The first kappa shape index (κ1) is 15.6. The van der Waals surface area contributed by atoms with Gasteiger partial charge in [0.2, 0.25) is 5.91 Å². The van der Waals surface area contributed by atoms with Crippen LogP contribution in [0.4, 0.5) is 13.2 Å². The zero-order valence-electron chi connectivity index (χ0n) is 11.6. The molecule has 0 N–H and O–H groups in total. The fourth-order valence-electron chi connectivity index (χ4n) is 2.27. The number of benzene rings is 1. The van der Waals surface area contributed by atoms with Gasteiger partial charge in [-0.25, -0.2) is 4.98 Å². The molecule has 2 aromatic heterocycles. The van der Waals surface area contributed by atoms with Gasteiger partial charge in [0.25, 0.3) is 0 Å². The Bertz CT molecular complexity index is 872. The van der Waals surface area contributed by atoms with Gasteiger partial charge in [0, 0.05) is 17.8 Å². The lowest BCUT2D eigenvalue weighted by Crippen LogP contribution is -2.13. The van der Waals surface area contributed by atoms with E-state index in [2.05, 4.69) is 4.98 Å². The van der Waals surface area contributed by atoms with Crippen molar-refractivity contribution in [3.8, 4) is 0 Å². The average molecular weight is 339 g/mol. The third-order valence-corrected chi connectivity index (χ3v) is 3.69. The maximum Gasteiger partial charge on any atom is 0.417 e. The normalized spacial score (nSPS) is 11.8. The Morgan fingerprint density at radius 3 is 2.57 bits per heavy atom. The lowest BCUT2D eigenvalue weighted by Gasteiger charge is -2.07. The second-order valence-corrected chi connectivity index (χ2v) is 5.40. The van der Waals surface area contributed by atoms with Crippen LogP contribution >= 0.6 is 11.6 Å². The van der Waals surface area contributed by atoms with Gasteiger partial charge in [0.05, 0.1) is 17.0 Å². The molecule has 0 spiro atoms. The number of alkyl halides is 3. The molecule has 3 nitrogen and oxygen atoms in total. The second-order valence-electron chi connectivity index (χ2n) is 5.00. The molecule has 0 saturated heterocycles. The van der Waals surface area contributed by atoms with Crippen LogP contribution in [0.5, 0.6) is 0 Å². The molecule has 3 aromatic rings. The fourth-order valence-corrected chi connectivity index (χ4v) is 2.51. The number of pyridine rings is 1. The van der Waals surface area contributed by atoms with E-state index >= 15 is 0 Å². The number of halogens is 4. The van der Waals surface area contributed by atoms with Crippen molar-refractivity contribution in [2.24, 2.45) is 0 Å². The van der Waals surface area contributed by atoms with E-state index in [-0.39, 0.29) is 28.4 Å². The van der Waals surface area contributed by atoms with Gasteiger partial charge in [-0.15, -0.1) is 0 Å². The number of hydrogen-bond acceptors (Lipinski definition) is 2. The molecule has 0 unspecified atom stereocenters. The number of fused-ring (bicyclic) bond motifs is 1. The van der Waals surface area contributed by atoms with E-state index in [1.807, 2.05) is 6.07 Å². The lowest BCUT2D eigenvalue weighted by molar-refractivity contribution is -0.137. The standard InChI is InChI=1S/C16H10ClF3N2O/c17-13-9-22(14(23)6-10-4-2-1-3-5-10)15-12(13)7-11(8-21-15)16(18,19)20/h1-5,7-9H,6H2. The van der Waals surface area contributed by atoms with E-state index < -0.39 is 11.7 Å². The van der Waals surface area contributed by atoms with E-state index in [0.717, 1.165) is 11.6 Å². The number of aromatic nitrogens is 2. The van der Waals surface area contributed by atoms with Gasteiger partial charge in [-0.1, -0.05) is 41.9 Å². The van der Waals surface area contributed by atoms with E-state index in [4.69, 9.17) is 11.6 Å². The summed E-state index contributed by atoms with van der Waals surface area (Å²) in [6.45, 7) is 0. The Kier molecular flexibility index (Phi) is 3.85. The van der Waals surface area contributed by atoms with Gasteiger partial charge in [-0.05, 0) is 11.6 Å². The minimum atomic E-state index is -4.51. The first-order valence-electron chi connectivity index (χ1n) is 6.67. The molecule has 0 amide bonds. The Morgan fingerprint density at radius 2 is 1.91 bits per heavy atom. The molecular weight excluding hydrogens is 329 g/mol. The van der Waals surface area contributed by atoms with Crippen molar-refractivity contribution in [2.75, 3.05) is 0 Å². The summed E-state index contributed by atoms with van der Waals surface area (Å²) >= 11 is 5.97. The summed E-state index contributed by atoms with van der Waals surface area (Å²) in [5.41, 5.74) is 0.00599. The molecule has 0 radical (unpaired) electrons. The van der Waals surface area contributed by atoms with Gasteiger partial charge < -0.3 is 0 Å². The molecule has 0 atom stereocenters.